The Morgan fingerprint density at radius 1 is 1.04 bits per heavy atom. The van der Waals surface area contributed by atoms with E-state index in [9.17, 15) is 9.59 Å². The van der Waals surface area contributed by atoms with Crippen molar-refractivity contribution in [2.75, 3.05) is 35.0 Å². The van der Waals surface area contributed by atoms with E-state index in [1.54, 1.807) is 24.0 Å². The number of benzene rings is 1. The lowest BCUT2D eigenvalue weighted by molar-refractivity contribution is -0.145. The van der Waals surface area contributed by atoms with Crippen molar-refractivity contribution in [1.82, 2.24) is 4.90 Å². The summed E-state index contributed by atoms with van der Waals surface area (Å²) in [6.07, 6.45) is 4.03. The Hall–Kier alpha value is -2.44. The number of hydrogen-bond acceptors (Lipinski definition) is 6. The van der Waals surface area contributed by atoms with E-state index in [0.717, 1.165) is 25.7 Å². The molecule has 1 aromatic rings. The zero-order chi connectivity index (χ0) is 20.0. The fraction of sp³-hybridized carbons (Fsp3) is 0.600. The van der Waals surface area contributed by atoms with E-state index in [2.05, 4.69) is 0 Å². The van der Waals surface area contributed by atoms with E-state index >= 15 is 0 Å². The lowest BCUT2D eigenvalue weighted by atomic mass is 10.1. The van der Waals surface area contributed by atoms with Crippen molar-refractivity contribution in [3.8, 4) is 17.2 Å². The summed E-state index contributed by atoms with van der Waals surface area (Å²) in [6.45, 7) is 2.09. The van der Waals surface area contributed by atoms with Crippen LogP contribution in [0.15, 0.2) is 12.1 Å². The van der Waals surface area contributed by atoms with Gasteiger partial charge in [-0.3, -0.25) is 9.59 Å². The molecule has 1 aromatic carbocycles. The first-order chi connectivity index (χ1) is 13.0. The van der Waals surface area contributed by atoms with E-state index in [1.165, 1.54) is 28.4 Å². The molecular weight excluding hydrogens is 350 g/mol. The number of esters is 1. The fourth-order valence-corrected chi connectivity index (χ4v) is 3.55. The Morgan fingerprint density at radius 3 is 2.04 bits per heavy atom. The molecule has 1 unspecified atom stereocenters. The molecular formula is C20H29NO6. The van der Waals surface area contributed by atoms with Crippen molar-refractivity contribution in [3.05, 3.63) is 17.7 Å². The molecule has 7 heteroatoms. The van der Waals surface area contributed by atoms with Gasteiger partial charge in [0.25, 0.3) is 5.91 Å². The van der Waals surface area contributed by atoms with Gasteiger partial charge in [0.15, 0.2) is 11.5 Å². The molecule has 1 atom stereocenters. The van der Waals surface area contributed by atoms with Gasteiger partial charge < -0.3 is 23.8 Å². The Kier molecular flexibility index (Phi) is 7.33. The zero-order valence-electron chi connectivity index (χ0n) is 16.7. The van der Waals surface area contributed by atoms with Crippen LogP contribution < -0.4 is 14.2 Å². The van der Waals surface area contributed by atoms with Crippen LogP contribution in [0.25, 0.3) is 0 Å². The summed E-state index contributed by atoms with van der Waals surface area (Å²) in [5, 5.41) is 0. The minimum absolute atomic E-state index is 0.115. The number of hydrogen-bond donors (Lipinski definition) is 0. The number of carbonyl (C=O) groups is 2. The highest BCUT2D eigenvalue weighted by Gasteiger charge is 2.31. The van der Waals surface area contributed by atoms with E-state index in [4.69, 9.17) is 18.9 Å². The van der Waals surface area contributed by atoms with E-state index < -0.39 is 5.92 Å². The van der Waals surface area contributed by atoms with Gasteiger partial charge in [0.1, 0.15) is 0 Å². The highest BCUT2D eigenvalue weighted by molar-refractivity contribution is 5.96. The Bertz CT molecular complexity index is 643. The maximum atomic E-state index is 13.3. The van der Waals surface area contributed by atoms with Crippen LogP contribution in [0.4, 0.5) is 0 Å². The van der Waals surface area contributed by atoms with Gasteiger partial charge in [0.05, 0.1) is 34.4 Å². The third-order valence-corrected chi connectivity index (χ3v) is 5.01. The molecule has 0 heterocycles. The standard InChI is InChI=1S/C20H29NO6/c1-13(20(23)27-5)12-21(15-8-6-7-9-15)19(22)14-10-16(24-2)18(26-4)17(11-14)25-3/h10-11,13,15H,6-9,12H2,1-5H3. The Labute approximate surface area is 160 Å². The summed E-state index contributed by atoms with van der Waals surface area (Å²) in [6, 6.07) is 3.41. The van der Waals surface area contributed by atoms with Crippen molar-refractivity contribution in [2.24, 2.45) is 5.92 Å². The van der Waals surface area contributed by atoms with E-state index in [0.29, 0.717) is 29.4 Å². The van der Waals surface area contributed by atoms with Crippen LogP contribution in [-0.4, -0.2) is 57.8 Å². The number of carbonyl (C=O) groups excluding carboxylic acids is 2. The van der Waals surface area contributed by atoms with Gasteiger partial charge in [0, 0.05) is 18.2 Å². The third kappa shape index (κ3) is 4.64. The molecule has 0 spiro atoms. The summed E-state index contributed by atoms with van der Waals surface area (Å²) < 4.78 is 20.9. The maximum Gasteiger partial charge on any atom is 0.310 e. The quantitative estimate of drug-likeness (QED) is 0.647. The second kappa shape index (κ2) is 9.48. The molecule has 27 heavy (non-hydrogen) atoms. The van der Waals surface area contributed by atoms with Gasteiger partial charge in [-0.25, -0.2) is 0 Å². The van der Waals surface area contributed by atoms with Gasteiger partial charge in [0.2, 0.25) is 5.75 Å². The minimum Gasteiger partial charge on any atom is -0.493 e. The lowest BCUT2D eigenvalue weighted by Gasteiger charge is -2.31. The average molecular weight is 379 g/mol. The van der Waals surface area contributed by atoms with Gasteiger partial charge in [-0.1, -0.05) is 19.8 Å². The first kappa shape index (κ1) is 20.9. The molecule has 0 bridgehead atoms. The van der Waals surface area contributed by atoms with Crippen LogP contribution in [0.2, 0.25) is 0 Å². The summed E-state index contributed by atoms with van der Waals surface area (Å²) >= 11 is 0. The smallest absolute Gasteiger partial charge is 0.310 e. The summed E-state index contributed by atoms with van der Waals surface area (Å²) in [5.74, 6) is 0.404. The molecule has 1 amide bonds. The predicted octanol–water partition coefficient (Wildman–Crippen LogP) is 2.91. The lowest BCUT2D eigenvalue weighted by Crippen LogP contribution is -2.43. The number of rotatable bonds is 8. The van der Waals surface area contributed by atoms with Crippen LogP contribution in [0.5, 0.6) is 17.2 Å². The zero-order valence-corrected chi connectivity index (χ0v) is 16.7. The fourth-order valence-electron chi connectivity index (χ4n) is 3.55. The molecule has 150 valence electrons. The van der Waals surface area contributed by atoms with Crippen LogP contribution in [0, 0.1) is 5.92 Å². The molecule has 0 saturated heterocycles. The molecule has 1 fully saturated rings. The van der Waals surface area contributed by atoms with Crippen LogP contribution in [0.3, 0.4) is 0 Å². The maximum absolute atomic E-state index is 13.3. The van der Waals surface area contributed by atoms with Crippen molar-refractivity contribution in [1.29, 1.82) is 0 Å². The molecule has 0 N–H and O–H groups in total. The molecule has 2 rings (SSSR count). The summed E-state index contributed by atoms with van der Waals surface area (Å²) in [4.78, 5) is 27.0. The van der Waals surface area contributed by atoms with Crippen LogP contribution >= 0.6 is 0 Å². The molecule has 1 saturated carbocycles. The van der Waals surface area contributed by atoms with E-state index in [-0.39, 0.29) is 17.9 Å². The number of nitrogens with zero attached hydrogens (tertiary/aromatic N) is 1. The first-order valence-corrected chi connectivity index (χ1v) is 9.15. The van der Waals surface area contributed by atoms with Crippen molar-refractivity contribution < 1.29 is 28.5 Å². The molecule has 7 nitrogen and oxygen atoms in total. The normalized spacial score (nSPS) is 15.1. The van der Waals surface area contributed by atoms with Gasteiger partial charge in [-0.05, 0) is 25.0 Å². The number of amides is 1. The molecule has 1 aliphatic rings. The highest BCUT2D eigenvalue weighted by Crippen LogP contribution is 2.39. The topological polar surface area (TPSA) is 74.3 Å². The first-order valence-electron chi connectivity index (χ1n) is 9.15. The summed E-state index contributed by atoms with van der Waals surface area (Å²) in [7, 11) is 5.91. The monoisotopic (exact) mass is 379 g/mol. The second-order valence-corrected chi connectivity index (χ2v) is 6.73. The number of ether oxygens (including phenoxy) is 4. The molecule has 0 radical (unpaired) electrons. The Morgan fingerprint density at radius 2 is 1.59 bits per heavy atom. The van der Waals surface area contributed by atoms with Crippen molar-refractivity contribution >= 4 is 11.9 Å². The van der Waals surface area contributed by atoms with Gasteiger partial charge >= 0.3 is 5.97 Å². The summed E-state index contributed by atoms with van der Waals surface area (Å²) in [5.41, 5.74) is 0.438. The largest absolute Gasteiger partial charge is 0.493 e. The highest BCUT2D eigenvalue weighted by atomic mass is 16.5. The number of methoxy groups -OCH3 is 4. The van der Waals surface area contributed by atoms with Crippen molar-refractivity contribution in [2.45, 2.75) is 38.6 Å². The minimum atomic E-state index is -0.401. The SMILES string of the molecule is COC(=O)C(C)CN(C(=O)c1cc(OC)c(OC)c(OC)c1)C1CCCC1. The van der Waals surface area contributed by atoms with Gasteiger partial charge in [-0.15, -0.1) is 0 Å². The van der Waals surface area contributed by atoms with Crippen LogP contribution in [-0.2, 0) is 9.53 Å². The van der Waals surface area contributed by atoms with Crippen molar-refractivity contribution in [3.63, 3.8) is 0 Å². The van der Waals surface area contributed by atoms with Crippen LogP contribution in [0.1, 0.15) is 43.0 Å². The Balaban J connectivity index is 2.37. The molecule has 1 aliphatic carbocycles. The van der Waals surface area contributed by atoms with Gasteiger partial charge in [-0.2, -0.15) is 0 Å². The van der Waals surface area contributed by atoms with E-state index in [1.807, 2.05) is 0 Å². The molecule has 0 aliphatic heterocycles. The predicted molar refractivity (Wildman–Crippen MR) is 101 cm³/mol. The second-order valence-electron chi connectivity index (χ2n) is 6.73. The third-order valence-electron chi connectivity index (χ3n) is 5.01. The average Bonchev–Trinajstić information content (AvgIpc) is 3.23. The molecule has 0 aromatic heterocycles.